The van der Waals surface area contributed by atoms with E-state index in [2.05, 4.69) is 77.4 Å². The molecule has 0 aromatic carbocycles. The second kappa shape index (κ2) is 9.90. The Hall–Kier alpha value is 0. The van der Waals surface area contributed by atoms with E-state index < -0.39 is 0 Å². The molecule has 2 unspecified atom stereocenters. The summed E-state index contributed by atoms with van der Waals surface area (Å²) in [7, 11) is 0. The molecule has 0 radical (unpaired) electrons. The van der Waals surface area contributed by atoms with Gasteiger partial charge in [0.25, 0.3) is 0 Å². The van der Waals surface area contributed by atoms with Crippen molar-refractivity contribution in [2.24, 2.45) is 0 Å². The standard InChI is InChI=1S/C16H30BrN3S/c1-6-9-18-14(11-21-12(4)7-2)10-15-16(17)13(5)19-20(15)8-3/h12,14,18H,6-11H2,1-5H3. The first-order valence-electron chi connectivity index (χ1n) is 8.10. The van der Waals surface area contributed by atoms with E-state index in [4.69, 9.17) is 0 Å². The highest BCUT2D eigenvalue weighted by Crippen LogP contribution is 2.24. The van der Waals surface area contributed by atoms with Crippen LogP contribution < -0.4 is 5.32 Å². The molecule has 122 valence electrons. The molecule has 1 N–H and O–H groups in total. The molecule has 1 heterocycles. The van der Waals surface area contributed by atoms with Gasteiger partial charge in [0.2, 0.25) is 0 Å². The quantitative estimate of drug-likeness (QED) is 0.656. The molecule has 1 rings (SSSR count). The van der Waals surface area contributed by atoms with Crippen LogP contribution in [0, 0.1) is 6.92 Å². The molecule has 1 aromatic heterocycles. The molecule has 3 nitrogen and oxygen atoms in total. The molecule has 0 amide bonds. The summed E-state index contributed by atoms with van der Waals surface area (Å²) in [6.45, 7) is 13.1. The zero-order chi connectivity index (χ0) is 15.8. The molecular weight excluding hydrogens is 346 g/mol. The van der Waals surface area contributed by atoms with Crippen molar-refractivity contribution in [3.63, 3.8) is 0 Å². The number of nitrogens with one attached hydrogen (secondary N) is 1. The van der Waals surface area contributed by atoms with Crippen LogP contribution in [0.2, 0.25) is 0 Å². The molecule has 0 bridgehead atoms. The molecule has 5 heteroatoms. The first-order chi connectivity index (χ1) is 10.0. The van der Waals surface area contributed by atoms with Gasteiger partial charge in [0, 0.05) is 30.0 Å². The maximum atomic E-state index is 4.61. The largest absolute Gasteiger partial charge is 0.313 e. The summed E-state index contributed by atoms with van der Waals surface area (Å²) < 4.78 is 3.31. The SMILES string of the molecule is CCCNC(CSC(C)CC)Cc1c(Br)c(C)nn1CC. The number of aryl methyl sites for hydroxylation is 2. The average Bonchev–Trinajstić information content (AvgIpc) is 2.76. The Kier molecular flexibility index (Phi) is 8.98. The van der Waals surface area contributed by atoms with E-state index in [1.165, 1.54) is 23.0 Å². The van der Waals surface area contributed by atoms with Crippen molar-refractivity contribution in [3.8, 4) is 0 Å². The van der Waals surface area contributed by atoms with E-state index >= 15 is 0 Å². The molecule has 0 saturated heterocycles. The van der Waals surface area contributed by atoms with Crippen molar-refractivity contribution in [2.75, 3.05) is 12.3 Å². The second-order valence-electron chi connectivity index (χ2n) is 5.57. The maximum absolute atomic E-state index is 4.61. The average molecular weight is 376 g/mol. The van der Waals surface area contributed by atoms with Crippen molar-refractivity contribution in [3.05, 3.63) is 15.9 Å². The second-order valence-corrected chi connectivity index (χ2v) is 7.83. The molecule has 1 aromatic rings. The number of hydrogen-bond acceptors (Lipinski definition) is 3. The van der Waals surface area contributed by atoms with Crippen LogP contribution in [0.15, 0.2) is 4.47 Å². The number of nitrogens with zero attached hydrogens (tertiary/aromatic N) is 2. The third kappa shape index (κ3) is 5.95. The Labute approximate surface area is 142 Å². The van der Waals surface area contributed by atoms with Gasteiger partial charge in [-0.25, -0.2) is 0 Å². The number of rotatable bonds is 10. The highest BCUT2D eigenvalue weighted by molar-refractivity contribution is 9.10. The minimum atomic E-state index is 0.515. The van der Waals surface area contributed by atoms with Crippen molar-refractivity contribution in [2.45, 2.75) is 71.7 Å². The van der Waals surface area contributed by atoms with E-state index in [1.54, 1.807) is 0 Å². The van der Waals surface area contributed by atoms with Crippen LogP contribution in [0.3, 0.4) is 0 Å². The van der Waals surface area contributed by atoms with Crippen LogP contribution in [0.1, 0.15) is 51.9 Å². The Morgan fingerprint density at radius 2 is 2.05 bits per heavy atom. The summed E-state index contributed by atoms with van der Waals surface area (Å²) in [4.78, 5) is 0. The lowest BCUT2D eigenvalue weighted by Gasteiger charge is -2.20. The minimum Gasteiger partial charge on any atom is -0.313 e. The third-order valence-corrected chi connectivity index (χ3v) is 6.26. The van der Waals surface area contributed by atoms with Gasteiger partial charge in [0.05, 0.1) is 15.9 Å². The lowest BCUT2D eigenvalue weighted by atomic mass is 10.1. The van der Waals surface area contributed by atoms with Gasteiger partial charge in [-0.1, -0.05) is 20.8 Å². The summed E-state index contributed by atoms with van der Waals surface area (Å²) in [6.07, 6.45) is 3.46. The van der Waals surface area contributed by atoms with Crippen LogP contribution in [-0.2, 0) is 13.0 Å². The van der Waals surface area contributed by atoms with Crippen molar-refractivity contribution < 1.29 is 0 Å². The van der Waals surface area contributed by atoms with Crippen LogP contribution in [0.5, 0.6) is 0 Å². The Morgan fingerprint density at radius 1 is 1.33 bits per heavy atom. The van der Waals surface area contributed by atoms with Gasteiger partial charge >= 0.3 is 0 Å². The van der Waals surface area contributed by atoms with E-state index in [-0.39, 0.29) is 0 Å². The predicted molar refractivity (Wildman–Crippen MR) is 98.3 cm³/mol. The Balaban J connectivity index is 2.75. The van der Waals surface area contributed by atoms with Gasteiger partial charge in [-0.15, -0.1) is 0 Å². The molecule has 0 aliphatic rings. The van der Waals surface area contributed by atoms with E-state index in [0.29, 0.717) is 6.04 Å². The fraction of sp³-hybridized carbons (Fsp3) is 0.812. The van der Waals surface area contributed by atoms with Crippen molar-refractivity contribution in [1.82, 2.24) is 15.1 Å². The zero-order valence-electron chi connectivity index (χ0n) is 14.1. The predicted octanol–water partition coefficient (Wildman–Crippen LogP) is 4.42. The lowest BCUT2D eigenvalue weighted by Crippen LogP contribution is -2.35. The van der Waals surface area contributed by atoms with Gasteiger partial charge in [0.15, 0.2) is 0 Å². The first kappa shape index (κ1) is 19.0. The van der Waals surface area contributed by atoms with E-state index in [1.807, 2.05) is 0 Å². The van der Waals surface area contributed by atoms with Crippen molar-refractivity contribution in [1.29, 1.82) is 0 Å². The smallest absolute Gasteiger partial charge is 0.0738 e. The van der Waals surface area contributed by atoms with Crippen molar-refractivity contribution >= 4 is 27.7 Å². The van der Waals surface area contributed by atoms with Gasteiger partial charge in [0.1, 0.15) is 0 Å². The minimum absolute atomic E-state index is 0.515. The monoisotopic (exact) mass is 375 g/mol. The lowest BCUT2D eigenvalue weighted by molar-refractivity contribution is 0.518. The molecule has 0 saturated carbocycles. The molecular formula is C16H30BrN3S. The van der Waals surface area contributed by atoms with Gasteiger partial charge in [-0.05, 0) is 49.2 Å². The summed E-state index contributed by atoms with van der Waals surface area (Å²) in [5.41, 5.74) is 2.42. The van der Waals surface area contributed by atoms with Gasteiger partial charge < -0.3 is 5.32 Å². The summed E-state index contributed by atoms with van der Waals surface area (Å²) >= 11 is 5.79. The molecule has 0 spiro atoms. The molecule has 0 fully saturated rings. The Bertz CT molecular complexity index is 420. The van der Waals surface area contributed by atoms with Crippen LogP contribution in [-0.4, -0.2) is 33.4 Å². The van der Waals surface area contributed by atoms with Crippen LogP contribution in [0.4, 0.5) is 0 Å². The highest BCUT2D eigenvalue weighted by Gasteiger charge is 2.18. The summed E-state index contributed by atoms with van der Waals surface area (Å²) in [5.74, 6) is 1.16. The maximum Gasteiger partial charge on any atom is 0.0738 e. The number of hydrogen-bond donors (Lipinski definition) is 1. The fourth-order valence-corrected chi connectivity index (χ4v) is 3.71. The van der Waals surface area contributed by atoms with E-state index in [9.17, 15) is 0 Å². The molecule has 0 aliphatic heterocycles. The molecule has 2 atom stereocenters. The summed E-state index contributed by atoms with van der Waals surface area (Å²) in [6, 6.07) is 0.515. The number of aromatic nitrogens is 2. The number of thioether (sulfide) groups is 1. The zero-order valence-corrected chi connectivity index (χ0v) is 16.5. The normalized spacial score (nSPS) is 14.4. The molecule has 21 heavy (non-hydrogen) atoms. The van der Waals surface area contributed by atoms with Gasteiger partial charge in [-0.2, -0.15) is 16.9 Å². The molecule has 0 aliphatic carbocycles. The number of halogens is 1. The highest BCUT2D eigenvalue weighted by atomic mass is 79.9. The fourth-order valence-electron chi connectivity index (χ4n) is 2.23. The van der Waals surface area contributed by atoms with Crippen LogP contribution >= 0.6 is 27.7 Å². The van der Waals surface area contributed by atoms with E-state index in [0.717, 1.165) is 36.2 Å². The van der Waals surface area contributed by atoms with Gasteiger partial charge in [-0.3, -0.25) is 4.68 Å². The third-order valence-electron chi connectivity index (χ3n) is 3.73. The van der Waals surface area contributed by atoms with Crippen LogP contribution in [0.25, 0.3) is 0 Å². The first-order valence-corrected chi connectivity index (χ1v) is 9.94. The summed E-state index contributed by atoms with van der Waals surface area (Å²) in [5, 5.41) is 9.04. The Morgan fingerprint density at radius 3 is 2.62 bits per heavy atom. The topological polar surface area (TPSA) is 29.9 Å².